The van der Waals surface area contributed by atoms with Gasteiger partial charge in [0.25, 0.3) is 0 Å². The van der Waals surface area contributed by atoms with Crippen molar-refractivity contribution < 1.29 is 57.3 Å². The molecule has 0 aromatic rings. The minimum atomic E-state index is -4.36. The summed E-state index contributed by atoms with van der Waals surface area (Å²) in [6.07, 6.45) is 32.1. The second-order valence-corrected chi connectivity index (χ2v) is 18.4. The number of carbonyl (C=O) groups is 1. The molecule has 0 bridgehead atoms. The summed E-state index contributed by atoms with van der Waals surface area (Å²) in [7, 11) is 1.49. The first-order valence-corrected chi connectivity index (χ1v) is 24.3. The van der Waals surface area contributed by atoms with Crippen LogP contribution in [0.5, 0.6) is 0 Å². The van der Waals surface area contributed by atoms with E-state index in [1.54, 1.807) is 12.2 Å². The highest BCUT2D eigenvalue weighted by atomic mass is 31.2. The SMILES string of the molecule is CC/C=C\CC(O)/C=C/C1OC(O)CC(O)C1C/C=C\CCCC(=O)OC(COCCCCCCCC/C=C\CCCCCCCC)COP(=O)(O)OCC[N+](C)(C)C. The number of unbranched alkanes of at least 4 members (excludes halogenated alkanes) is 13. The highest BCUT2D eigenvalue weighted by Crippen LogP contribution is 2.43. The van der Waals surface area contributed by atoms with Gasteiger partial charge in [-0.25, -0.2) is 4.57 Å². The fourth-order valence-electron chi connectivity index (χ4n) is 6.54. The van der Waals surface area contributed by atoms with Gasteiger partial charge in [-0.05, 0) is 64.2 Å². The summed E-state index contributed by atoms with van der Waals surface area (Å²) in [5.41, 5.74) is 0. The third-order valence-electron chi connectivity index (χ3n) is 10.1. The van der Waals surface area contributed by atoms with E-state index in [0.717, 1.165) is 32.1 Å². The van der Waals surface area contributed by atoms with Crippen molar-refractivity contribution in [3.8, 4) is 0 Å². The number of aliphatic hydroxyl groups excluding tert-OH is 3. The largest absolute Gasteiger partial charge is 0.472 e. The summed E-state index contributed by atoms with van der Waals surface area (Å²) in [6.45, 7) is 5.02. The number of likely N-dealkylation sites (N-methyl/N-ethyl adjacent to an activating group) is 1. The third-order valence-corrected chi connectivity index (χ3v) is 11.1. The molecule has 1 aliphatic heterocycles. The van der Waals surface area contributed by atoms with Crippen molar-refractivity contribution in [3.63, 3.8) is 0 Å². The van der Waals surface area contributed by atoms with Crippen molar-refractivity contribution in [2.75, 3.05) is 54.1 Å². The molecular formula is C46H85NO11P+. The molecule has 1 saturated heterocycles. The summed E-state index contributed by atoms with van der Waals surface area (Å²) in [6, 6.07) is 0. The van der Waals surface area contributed by atoms with Gasteiger partial charge in [-0.3, -0.25) is 13.8 Å². The zero-order valence-electron chi connectivity index (χ0n) is 37.5. The summed E-state index contributed by atoms with van der Waals surface area (Å²) in [5, 5.41) is 31.0. The monoisotopic (exact) mass is 859 g/mol. The summed E-state index contributed by atoms with van der Waals surface area (Å²) >= 11 is 0. The molecule has 0 aromatic carbocycles. The predicted octanol–water partition coefficient (Wildman–Crippen LogP) is 9.27. The number of quaternary nitrogens is 1. The molecular weight excluding hydrogens is 773 g/mol. The van der Waals surface area contributed by atoms with Crippen molar-refractivity contribution in [3.05, 3.63) is 48.6 Å². The van der Waals surface area contributed by atoms with E-state index in [1.807, 2.05) is 52.4 Å². The Hall–Kier alpha value is -1.70. The molecule has 1 rings (SSSR count). The van der Waals surface area contributed by atoms with Crippen LogP contribution >= 0.6 is 7.82 Å². The summed E-state index contributed by atoms with van der Waals surface area (Å²) in [4.78, 5) is 23.1. The van der Waals surface area contributed by atoms with E-state index in [2.05, 4.69) is 19.1 Å². The van der Waals surface area contributed by atoms with Gasteiger partial charge in [0.1, 0.15) is 19.3 Å². The molecule has 0 spiro atoms. The van der Waals surface area contributed by atoms with E-state index in [0.29, 0.717) is 43.3 Å². The number of hydrogen-bond donors (Lipinski definition) is 4. The Bertz CT molecular complexity index is 1200. The summed E-state index contributed by atoms with van der Waals surface area (Å²) < 4.78 is 40.6. The maximum Gasteiger partial charge on any atom is 0.472 e. The minimum Gasteiger partial charge on any atom is -0.457 e. The Morgan fingerprint density at radius 2 is 1.42 bits per heavy atom. The Labute approximate surface area is 358 Å². The second-order valence-electron chi connectivity index (χ2n) is 16.9. The molecule has 1 fully saturated rings. The lowest BCUT2D eigenvalue weighted by atomic mass is 9.87. The highest BCUT2D eigenvalue weighted by molar-refractivity contribution is 7.47. The quantitative estimate of drug-likeness (QED) is 0.0155. The van der Waals surface area contributed by atoms with E-state index in [4.69, 9.17) is 23.3 Å². The van der Waals surface area contributed by atoms with Gasteiger partial charge in [-0.1, -0.05) is 120 Å². The van der Waals surface area contributed by atoms with E-state index in [9.17, 15) is 29.6 Å². The number of nitrogens with zero attached hydrogens (tertiary/aromatic N) is 1. The molecule has 0 aliphatic carbocycles. The Kier molecular flexibility index (Phi) is 32.7. The van der Waals surface area contributed by atoms with Crippen molar-refractivity contribution in [2.24, 2.45) is 5.92 Å². The molecule has 13 heteroatoms. The number of phosphoric acid groups is 1. The van der Waals surface area contributed by atoms with Crippen LogP contribution < -0.4 is 0 Å². The first-order valence-electron chi connectivity index (χ1n) is 22.8. The summed E-state index contributed by atoms with van der Waals surface area (Å²) in [5.74, 6) is -0.764. The Balaban J connectivity index is 2.48. The number of hydrogen-bond acceptors (Lipinski definition) is 10. The molecule has 0 aromatic heterocycles. The number of carbonyl (C=O) groups excluding carboxylic acids is 1. The van der Waals surface area contributed by atoms with Crippen molar-refractivity contribution in [2.45, 2.75) is 179 Å². The Morgan fingerprint density at radius 1 is 0.797 bits per heavy atom. The number of rotatable bonds is 37. The number of phosphoric ester groups is 1. The molecule has 7 atom stereocenters. The lowest BCUT2D eigenvalue weighted by Gasteiger charge is -2.36. The molecule has 0 amide bonds. The van der Waals surface area contributed by atoms with Gasteiger partial charge >= 0.3 is 13.8 Å². The fourth-order valence-corrected chi connectivity index (χ4v) is 7.29. The van der Waals surface area contributed by atoms with Crippen molar-refractivity contribution >= 4 is 13.8 Å². The maximum absolute atomic E-state index is 12.8. The molecule has 12 nitrogen and oxygen atoms in total. The van der Waals surface area contributed by atoms with Crippen molar-refractivity contribution in [1.29, 1.82) is 0 Å². The standard InChI is InChI=1S/C46H84NO11P/c1-6-8-10-11-12-13-14-15-16-17-18-19-20-21-24-28-35-54-38-41(39-56-59(52,53)55-36-34-47(3,4)5)57-45(50)31-27-23-22-26-30-42-43(49)37-46(51)58-44(42)33-32-40(48)29-25-9-7-2/h9,15-16,22,25-26,32-33,40-44,46,48-49,51H,6-8,10-14,17-21,23-24,27-31,34-39H2,1-5H3/p+1/b16-15-,25-9-,26-22-,33-32+. The van der Waals surface area contributed by atoms with Crippen LogP contribution in [-0.4, -0.2) is 115 Å². The average Bonchev–Trinajstić information content (AvgIpc) is 3.17. The molecule has 4 N–H and O–H groups in total. The first-order chi connectivity index (χ1) is 28.3. The van der Waals surface area contributed by atoms with Crippen LogP contribution in [0.25, 0.3) is 0 Å². The lowest BCUT2D eigenvalue weighted by molar-refractivity contribution is -0.870. The second kappa shape index (κ2) is 34.8. The van der Waals surface area contributed by atoms with Gasteiger partial charge in [0.2, 0.25) is 0 Å². The van der Waals surface area contributed by atoms with Gasteiger partial charge in [-0.15, -0.1) is 0 Å². The van der Waals surface area contributed by atoms with E-state index >= 15 is 0 Å². The van der Waals surface area contributed by atoms with E-state index in [1.165, 1.54) is 64.2 Å². The molecule has 7 unspecified atom stereocenters. The minimum absolute atomic E-state index is 0.0355. The first kappa shape index (κ1) is 55.3. The maximum atomic E-state index is 12.8. The smallest absolute Gasteiger partial charge is 0.457 e. The zero-order chi connectivity index (χ0) is 43.6. The van der Waals surface area contributed by atoms with Gasteiger partial charge < -0.3 is 38.9 Å². The number of aliphatic hydroxyl groups is 3. The van der Waals surface area contributed by atoms with Crippen molar-refractivity contribution in [1.82, 2.24) is 0 Å². The fraction of sp³-hybridized carbons (Fsp3) is 0.804. The van der Waals surface area contributed by atoms with Gasteiger partial charge in [0.15, 0.2) is 6.29 Å². The van der Waals surface area contributed by atoms with Gasteiger partial charge in [0.05, 0.1) is 52.7 Å². The number of ether oxygens (including phenoxy) is 3. The normalized spacial score (nSPS) is 21.2. The van der Waals surface area contributed by atoms with Crippen LogP contribution in [0, 0.1) is 5.92 Å². The number of esters is 1. The van der Waals surface area contributed by atoms with Crippen LogP contribution in [0.1, 0.15) is 149 Å². The molecule has 1 heterocycles. The molecule has 0 radical (unpaired) electrons. The van der Waals surface area contributed by atoms with E-state index < -0.39 is 44.5 Å². The highest BCUT2D eigenvalue weighted by Gasteiger charge is 2.35. The van der Waals surface area contributed by atoms with Gasteiger partial charge in [-0.2, -0.15) is 0 Å². The zero-order valence-corrected chi connectivity index (χ0v) is 38.4. The van der Waals surface area contributed by atoms with Crippen LogP contribution in [0.2, 0.25) is 0 Å². The molecule has 1 aliphatic rings. The van der Waals surface area contributed by atoms with Crippen LogP contribution in [0.4, 0.5) is 0 Å². The third kappa shape index (κ3) is 32.7. The Morgan fingerprint density at radius 3 is 2.08 bits per heavy atom. The molecule has 59 heavy (non-hydrogen) atoms. The lowest BCUT2D eigenvalue weighted by Crippen LogP contribution is -2.43. The van der Waals surface area contributed by atoms with Crippen LogP contribution in [-0.2, 0) is 32.6 Å². The van der Waals surface area contributed by atoms with E-state index in [-0.39, 0.29) is 38.6 Å². The molecule has 344 valence electrons. The van der Waals surface area contributed by atoms with Crippen LogP contribution in [0.3, 0.4) is 0 Å². The topological polar surface area (TPSA) is 161 Å². The average molecular weight is 859 g/mol. The van der Waals surface area contributed by atoms with Gasteiger partial charge in [0, 0.05) is 25.4 Å². The molecule has 0 saturated carbocycles. The van der Waals surface area contributed by atoms with Crippen LogP contribution in [0.15, 0.2) is 48.6 Å². The number of allylic oxidation sites excluding steroid dienone is 5. The predicted molar refractivity (Wildman–Crippen MR) is 237 cm³/mol.